The van der Waals surface area contributed by atoms with Crippen LogP contribution in [0.2, 0.25) is 0 Å². The van der Waals surface area contributed by atoms with E-state index in [0.29, 0.717) is 17.4 Å². The minimum Gasteiger partial charge on any atom is -0.352 e. The van der Waals surface area contributed by atoms with Crippen LogP contribution in [0.4, 0.5) is 15.2 Å². The van der Waals surface area contributed by atoms with Gasteiger partial charge in [-0.1, -0.05) is 30.3 Å². The second-order valence-corrected chi connectivity index (χ2v) is 6.11. The molecular formula is C18H16FN3OS. The molecule has 6 heteroatoms. The fourth-order valence-corrected chi connectivity index (χ4v) is 2.94. The first-order valence-electron chi connectivity index (χ1n) is 7.42. The van der Waals surface area contributed by atoms with Crippen LogP contribution >= 0.6 is 11.3 Å². The summed E-state index contributed by atoms with van der Waals surface area (Å²) in [6.07, 6.45) is 0. The number of thiazole rings is 1. The third-order valence-electron chi connectivity index (χ3n) is 3.38. The van der Waals surface area contributed by atoms with E-state index in [4.69, 9.17) is 0 Å². The molecule has 2 aromatic carbocycles. The maximum absolute atomic E-state index is 13.7. The molecule has 24 heavy (non-hydrogen) atoms. The summed E-state index contributed by atoms with van der Waals surface area (Å²) >= 11 is 1.41. The molecule has 1 heterocycles. The number of carbonyl (C=O) groups excluding carboxylic acids is 1. The molecule has 0 aliphatic rings. The number of benzene rings is 2. The summed E-state index contributed by atoms with van der Waals surface area (Å²) in [5.41, 5.74) is 3.16. The number of para-hydroxylation sites is 1. The van der Waals surface area contributed by atoms with E-state index in [-0.39, 0.29) is 11.7 Å². The van der Waals surface area contributed by atoms with Crippen molar-refractivity contribution in [2.24, 2.45) is 0 Å². The normalized spacial score (nSPS) is 10.4. The molecule has 0 spiro atoms. The van der Waals surface area contributed by atoms with Gasteiger partial charge in [0, 0.05) is 24.4 Å². The number of hydrogen-bond donors (Lipinski definition) is 2. The van der Waals surface area contributed by atoms with E-state index in [9.17, 15) is 9.18 Å². The molecule has 1 aromatic heterocycles. The molecule has 1 amide bonds. The Kier molecular flexibility index (Phi) is 4.86. The van der Waals surface area contributed by atoms with Gasteiger partial charge in [-0.2, -0.15) is 0 Å². The minimum absolute atomic E-state index is 0.0644. The van der Waals surface area contributed by atoms with Gasteiger partial charge in [-0.15, -0.1) is 11.3 Å². The van der Waals surface area contributed by atoms with Crippen LogP contribution in [0.3, 0.4) is 0 Å². The summed E-state index contributed by atoms with van der Waals surface area (Å²) < 4.78 is 13.7. The molecule has 0 fully saturated rings. The Balaban J connectivity index is 1.77. The average molecular weight is 341 g/mol. The van der Waals surface area contributed by atoms with E-state index in [1.54, 1.807) is 18.2 Å². The van der Waals surface area contributed by atoms with E-state index in [2.05, 4.69) is 15.6 Å². The average Bonchev–Trinajstić information content (AvgIpc) is 3.04. The number of carbonyl (C=O) groups is 1. The molecule has 122 valence electrons. The predicted molar refractivity (Wildman–Crippen MR) is 94.8 cm³/mol. The van der Waals surface area contributed by atoms with E-state index in [1.807, 2.05) is 29.6 Å². The van der Waals surface area contributed by atoms with Crippen molar-refractivity contribution in [3.8, 4) is 11.3 Å². The lowest BCUT2D eigenvalue weighted by atomic mass is 10.1. The largest absolute Gasteiger partial charge is 0.352 e. The van der Waals surface area contributed by atoms with Crippen LogP contribution in [0, 0.1) is 5.82 Å². The molecule has 0 unspecified atom stereocenters. The lowest BCUT2D eigenvalue weighted by Gasteiger charge is -2.05. The molecule has 2 N–H and O–H groups in total. The third-order valence-corrected chi connectivity index (χ3v) is 4.14. The lowest BCUT2D eigenvalue weighted by molar-refractivity contribution is -0.119. The lowest BCUT2D eigenvalue weighted by Crippen LogP contribution is -2.18. The van der Waals surface area contributed by atoms with E-state index < -0.39 is 0 Å². The quantitative estimate of drug-likeness (QED) is 0.726. The van der Waals surface area contributed by atoms with Gasteiger partial charge < -0.3 is 10.6 Å². The standard InChI is InChI=1S/C18H16FN3OS/c1-12(23)20-10-13-5-4-6-14(9-13)17-11-24-18(22-17)21-16-8-3-2-7-15(16)19/h2-9,11H,10H2,1H3,(H,20,23)(H,21,22). The van der Waals surface area contributed by atoms with Crippen molar-refractivity contribution < 1.29 is 9.18 Å². The van der Waals surface area contributed by atoms with Gasteiger partial charge in [0.15, 0.2) is 5.13 Å². The van der Waals surface area contributed by atoms with Gasteiger partial charge in [-0.3, -0.25) is 4.79 Å². The van der Waals surface area contributed by atoms with Crippen molar-refractivity contribution in [3.63, 3.8) is 0 Å². The first-order chi connectivity index (χ1) is 11.6. The van der Waals surface area contributed by atoms with E-state index in [1.165, 1.54) is 24.3 Å². The van der Waals surface area contributed by atoms with Gasteiger partial charge in [0.25, 0.3) is 0 Å². The number of nitrogens with zero attached hydrogens (tertiary/aromatic N) is 1. The Labute approximate surface area is 143 Å². The van der Waals surface area contributed by atoms with Crippen LogP contribution in [-0.4, -0.2) is 10.9 Å². The van der Waals surface area contributed by atoms with Gasteiger partial charge >= 0.3 is 0 Å². The van der Waals surface area contributed by atoms with Crippen LogP contribution in [-0.2, 0) is 11.3 Å². The van der Waals surface area contributed by atoms with Gasteiger partial charge in [-0.05, 0) is 23.8 Å². The number of halogens is 1. The highest BCUT2D eigenvalue weighted by Crippen LogP contribution is 2.28. The monoisotopic (exact) mass is 341 g/mol. The van der Waals surface area contributed by atoms with Crippen molar-refractivity contribution in [1.82, 2.24) is 10.3 Å². The van der Waals surface area contributed by atoms with Gasteiger partial charge in [-0.25, -0.2) is 9.37 Å². The van der Waals surface area contributed by atoms with E-state index in [0.717, 1.165) is 16.8 Å². The van der Waals surface area contributed by atoms with Gasteiger partial charge in [0.2, 0.25) is 5.91 Å². The Hall–Kier alpha value is -2.73. The fraction of sp³-hybridized carbons (Fsp3) is 0.111. The number of hydrogen-bond acceptors (Lipinski definition) is 4. The maximum Gasteiger partial charge on any atom is 0.217 e. The molecule has 0 saturated heterocycles. The highest BCUT2D eigenvalue weighted by atomic mass is 32.1. The highest BCUT2D eigenvalue weighted by molar-refractivity contribution is 7.14. The first-order valence-corrected chi connectivity index (χ1v) is 8.30. The molecule has 0 bridgehead atoms. The summed E-state index contributed by atoms with van der Waals surface area (Å²) in [6.45, 7) is 1.97. The predicted octanol–water partition coefficient (Wildman–Crippen LogP) is 4.33. The second-order valence-electron chi connectivity index (χ2n) is 5.25. The van der Waals surface area contributed by atoms with Crippen LogP contribution in [0.1, 0.15) is 12.5 Å². The molecule has 0 radical (unpaired) electrons. The van der Waals surface area contributed by atoms with Crippen LogP contribution in [0.25, 0.3) is 11.3 Å². The number of anilines is 2. The van der Waals surface area contributed by atoms with Gasteiger partial charge in [0.05, 0.1) is 11.4 Å². The van der Waals surface area contributed by atoms with Crippen molar-refractivity contribution in [2.45, 2.75) is 13.5 Å². The minimum atomic E-state index is -0.313. The highest BCUT2D eigenvalue weighted by Gasteiger charge is 2.08. The van der Waals surface area contributed by atoms with E-state index >= 15 is 0 Å². The Bertz CT molecular complexity index is 863. The Morgan fingerprint density at radius 3 is 2.83 bits per heavy atom. The molecular weight excluding hydrogens is 325 g/mol. The summed E-state index contributed by atoms with van der Waals surface area (Å²) in [5, 5.41) is 8.31. The van der Waals surface area contributed by atoms with Crippen LogP contribution < -0.4 is 10.6 Å². The van der Waals surface area contributed by atoms with Crippen molar-refractivity contribution in [2.75, 3.05) is 5.32 Å². The number of nitrogens with one attached hydrogen (secondary N) is 2. The molecule has 3 rings (SSSR count). The summed E-state index contributed by atoms with van der Waals surface area (Å²) in [7, 11) is 0. The maximum atomic E-state index is 13.7. The Morgan fingerprint density at radius 1 is 1.21 bits per heavy atom. The molecule has 0 aliphatic carbocycles. The molecule has 0 saturated carbocycles. The summed E-state index contributed by atoms with van der Waals surface area (Å²) in [4.78, 5) is 15.5. The third kappa shape index (κ3) is 3.97. The van der Waals surface area contributed by atoms with Crippen molar-refractivity contribution in [3.05, 3.63) is 65.3 Å². The van der Waals surface area contributed by atoms with Crippen molar-refractivity contribution >= 4 is 28.1 Å². The first kappa shape index (κ1) is 16.1. The summed E-state index contributed by atoms with van der Waals surface area (Å²) in [6, 6.07) is 14.3. The molecule has 0 atom stereocenters. The molecule has 4 nitrogen and oxygen atoms in total. The van der Waals surface area contributed by atoms with Crippen LogP contribution in [0.15, 0.2) is 53.9 Å². The smallest absolute Gasteiger partial charge is 0.217 e. The SMILES string of the molecule is CC(=O)NCc1cccc(-c2csc(Nc3ccccc3F)n2)c1. The van der Waals surface area contributed by atoms with Gasteiger partial charge in [0.1, 0.15) is 5.82 Å². The van der Waals surface area contributed by atoms with Crippen molar-refractivity contribution in [1.29, 1.82) is 0 Å². The Morgan fingerprint density at radius 2 is 2.04 bits per heavy atom. The number of aromatic nitrogens is 1. The number of rotatable bonds is 5. The van der Waals surface area contributed by atoms with Crippen LogP contribution in [0.5, 0.6) is 0 Å². The second kappa shape index (κ2) is 7.23. The molecule has 0 aliphatic heterocycles. The zero-order valence-corrected chi connectivity index (χ0v) is 13.9. The zero-order chi connectivity index (χ0) is 16.9. The molecule has 3 aromatic rings. The fourth-order valence-electron chi connectivity index (χ4n) is 2.21. The zero-order valence-electron chi connectivity index (χ0n) is 13.0. The topological polar surface area (TPSA) is 54.0 Å². The summed E-state index contributed by atoms with van der Waals surface area (Å²) in [5.74, 6) is -0.378. The number of amides is 1.